The van der Waals surface area contributed by atoms with E-state index in [1.165, 1.54) is 13.2 Å². The van der Waals surface area contributed by atoms with Crippen LogP contribution in [0, 0.1) is 5.41 Å². The minimum absolute atomic E-state index is 0.0694. The van der Waals surface area contributed by atoms with Gasteiger partial charge in [0.15, 0.2) is 5.78 Å². The summed E-state index contributed by atoms with van der Waals surface area (Å²) in [6.07, 6.45) is 7.17. The number of sulfone groups is 1. The van der Waals surface area contributed by atoms with Gasteiger partial charge < -0.3 is 11.1 Å². The van der Waals surface area contributed by atoms with Crippen molar-refractivity contribution in [3.8, 4) is 0 Å². The van der Waals surface area contributed by atoms with E-state index in [0.29, 0.717) is 31.4 Å². The van der Waals surface area contributed by atoms with Crippen molar-refractivity contribution >= 4 is 27.2 Å². The fourth-order valence-electron chi connectivity index (χ4n) is 3.97. The van der Waals surface area contributed by atoms with E-state index in [9.17, 15) is 18.0 Å². The van der Waals surface area contributed by atoms with Crippen molar-refractivity contribution in [3.05, 3.63) is 29.8 Å². The van der Waals surface area contributed by atoms with Gasteiger partial charge in [-0.1, -0.05) is 31.4 Å². The van der Waals surface area contributed by atoms with Gasteiger partial charge in [0.2, 0.25) is 5.91 Å². The molecule has 0 aliphatic heterocycles. The zero-order chi connectivity index (χ0) is 20.8. The lowest BCUT2D eigenvalue weighted by molar-refractivity contribution is -0.134. The monoisotopic (exact) mass is 408 g/mol. The molecule has 1 aromatic carbocycles. The number of amides is 1. The summed E-state index contributed by atoms with van der Waals surface area (Å²) in [5, 5.41) is 2.98. The van der Waals surface area contributed by atoms with Crippen LogP contribution in [0.15, 0.2) is 24.3 Å². The van der Waals surface area contributed by atoms with Crippen LogP contribution < -0.4 is 11.1 Å². The first-order chi connectivity index (χ1) is 13.1. The third-order valence-corrected chi connectivity index (χ3v) is 6.71. The smallest absolute Gasteiger partial charge is 0.226 e. The highest BCUT2D eigenvalue weighted by atomic mass is 32.2. The average molecular weight is 409 g/mol. The zero-order valence-electron chi connectivity index (χ0n) is 16.9. The molecule has 1 atom stereocenters. The van der Waals surface area contributed by atoms with Crippen LogP contribution in [0.2, 0.25) is 0 Å². The molecule has 0 saturated heterocycles. The zero-order valence-corrected chi connectivity index (χ0v) is 17.7. The summed E-state index contributed by atoms with van der Waals surface area (Å²) >= 11 is 0. The molecule has 0 spiro atoms. The van der Waals surface area contributed by atoms with Crippen molar-refractivity contribution in [3.63, 3.8) is 0 Å². The molecule has 1 unspecified atom stereocenters. The molecule has 1 fully saturated rings. The molecule has 28 heavy (non-hydrogen) atoms. The highest BCUT2D eigenvalue weighted by molar-refractivity contribution is 7.90. The quantitative estimate of drug-likeness (QED) is 0.457. The molecule has 1 aliphatic rings. The van der Waals surface area contributed by atoms with Gasteiger partial charge in [-0.15, -0.1) is 0 Å². The molecule has 156 valence electrons. The summed E-state index contributed by atoms with van der Waals surface area (Å²) in [6.45, 7) is 1.50. The van der Waals surface area contributed by atoms with E-state index in [1.54, 1.807) is 12.1 Å². The third-order valence-electron chi connectivity index (χ3n) is 5.68. The summed E-state index contributed by atoms with van der Waals surface area (Å²) in [4.78, 5) is 25.3. The Hall–Kier alpha value is -1.89. The Kier molecular flexibility index (Phi) is 7.63. The second-order valence-electron chi connectivity index (χ2n) is 8.16. The van der Waals surface area contributed by atoms with Crippen LogP contribution in [0.4, 0.5) is 5.69 Å². The van der Waals surface area contributed by atoms with Crippen LogP contribution in [-0.4, -0.2) is 38.2 Å². The van der Waals surface area contributed by atoms with E-state index in [2.05, 4.69) is 5.32 Å². The summed E-state index contributed by atoms with van der Waals surface area (Å²) in [5.41, 5.74) is 6.83. The standard InChI is InChI=1S/C21H32N2O4S/c1-16(24)19(15-17-7-9-18(22)10-8-17)23-20(25)21(11-3-4-12-21)13-5-6-14-28(2,26)27/h7-10,19H,3-6,11-15,22H2,1-2H3,(H,23,25). The van der Waals surface area contributed by atoms with Gasteiger partial charge in [-0.25, -0.2) is 8.42 Å². The number of nitrogens with two attached hydrogens (primary N) is 1. The predicted molar refractivity (Wildman–Crippen MR) is 112 cm³/mol. The third kappa shape index (κ3) is 6.62. The molecule has 1 amide bonds. The number of carbonyl (C=O) groups is 2. The highest BCUT2D eigenvalue weighted by Gasteiger charge is 2.41. The molecule has 1 aromatic rings. The van der Waals surface area contributed by atoms with E-state index in [1.807, 2.05) is 12.1 Å². The molecule has 6 nitrogen and oxygen atoms in total. The van der Waals surface area contributed by atoms with Gasteiger partial charge in [0.25, 0.3) is 0 Å². The number of hydrogen-bond donors (Lipinski definition) is 2. The Balaban J connectivity index is 2.01. The van der Waals surface area contributed by atoms with E-state index in [0.717, 1.165) is 31.2 Å². The maximum Gasteiger partial charge on any atom is 0.226 e. The molecule has 3 N–H and O–H groups in total. The molecule has 1 saturated carbocycles. The molecular formula is C21H32N2O4S. The van der Waals surface area contributed by atoms with Gasteiger partial charge in [0, 0.05) is 23.1 Å². The number of Topliss-reactive ketones (excluding diaryl/α,β-unsaturated/α-hetero) is 1. The van der Waals surface area contributed by atoms with Crippen LogP contribution in [0.3, 0.4) is 0 Å². The lowest BCUT2D eigenvalue weighted by Crippen LogP contribution is -2.48. The van der Waals surface area contributed by atoms with Crippen LogP contribution in [0.25, 0.3) is 0 Å². The van der Waals surface area contributed by atoms with Gasteiger partial charge >= 0.3 is 0 Å². The first kappa shape index (κ1) is 22.4. The minimum Gasteiger partial charge on any atom is -0.399 e. The number of carbonyl (C=O) groups excluding carboxylic acids is 2. The Bertz CT molecular complexity index is 781. The summed E-state index contributed by atoms with van der Waals surface area (Å²) in [6, 6.07) is 6.75. The highest BCUT2D eigenvalue weighted by Crippen LogP contribution is 2.42. The van der Waals surface area contributed by atoms with Gasteiger partial charge in [-0.2, -0.15) is 0 Å². The number of nitrogen functional groups attached to an aromatic ring is 1. The van der Waals surface area contributed by atoms with Crippen LogP contribution in [-0.2, 0) is 25.8 Å². The second kappa shape index (κ2) is 9.54. The van der Waals surface area contributed by atoms with Crippen molar-refractivity contribution in [1.29, 1.82) is 0 Å². The fourth-order valence-corrected chi connectivity index (χ4v) is 4.70. The fraction of sp³-hybridized carbons (Fsp3) is 0.619. The maximum absolute atomic E-state index is 13.1. The van der Waals surface area contributed by atoms with Crippen LogP contribution in [0.5, 0.6) is 0 Å². The SMILES string of the molecule is CC(=O)C(Cc1ccc(N)cc1)NC(=O)C1(CCCCS(C)(=O)=O)CCCC1. The molecule has 1 aliphatic carbocycles. The number of rotatable bonds is 10. The first-order valence-electron chi connectivity index (χ1n) is 9.95. The van der Waals surface area contributed by atoms with Gasteiger partial charge in [-0.3, -0.25) is 9.59 Å². The molecule has 2 rings (SSSR count). The Labute approximate surface area is 168 Å². The summed E-state index contributed by atoms with van der Waals surface area (Å²) in [5.74, 6) is 0.00755. The average Bonchev–Trinajstić information content (AvgIpc) is 3.09. The number of ketones is 1. The van der Waals surface area contributed by atoms with Crippen molar-refractivity contribution in [2.45, 2.75) is 64.3 Å². The summed E-state index contributed by atoms with van der Waals surface area (Å²) in [7, 11) is -2.98. The van der Waals surface area contributed by atoms with Crippen molar-refractivity contribution in [1.82, 2.24) is 5.32 Å². The maximum atomic E-state index is 13.1. The lowest BCUT2D eigenvalue weighted by Gasteiger charge is -2.30. The van der Waals surface area contributed by atoms with E-state index >= 15 is 0 Å². The molecule has 0 bridgehead atoms. The predicted octanol–water partition coefficient (Wildman–Crippen LogP) is 2.66. The van der Waals surface area contributed by atoms with Crippen molar-refractivity contribution < 1.29 is 18.0 Å². The van der Waals surface area contributed by atoms with E-state index < -0.39 is 21.3 Å². The van der Waals surface area contributed by atoms with Crippen LogP contribution in [0.1, 0.15) is 57.4 Å². The summed E-state index contributed by atoms with van der Waals surface area (Å²) < 4.78 is 22.7. The van der Waals surface area contributed by atoms with E-state index in [4.69, 9.17) is 5.73 Å². The number of nitrogens with one attached hydrogen (secondary N) is 1. The second-order valence-corrected chi connectivity index (χ2v) is 10.4. The Morgan fingerprint density at radius 1 is 1.14 bits per heavy atom. The molecule has 0 heterocycles. The van der Waals surface area contributed by atoms with Gasteiger partial charge in [-0.05, 0) is 56.7 Å². The molecule has 0 radical (unpaired) electrons. The number of benzene rings is 1. The lowest BCUT2D eigenvalue weighted by atomic mass is 9.79. The molecular weight excluding hydrogens is 376 g/mol. The number of hydrogen-bond acceptors (Lipinski definition) is 5. The normalized spacial score (nSPS) is 17.2. The topological polar surface area (TPSA) is 106 Å². The van der Waals surface area contributed by atoms with Crippen molar-refractivity contribution in [2.75, 3.05) is 17.7 Å². The Morgan fingerprint density at radius 3 is 2.29 bits per heavy atom. The van der Waals surface area contributed by atoms with Gasteiger partial charge in [0.1, 0.15) is 9.84 Å². The first-order valence-corrected chi connectivity index (χ1v) is 12.0. The van der Waals surface area contributed by atoms with E-state index in [-0.39, 0.29) is 17.4 Å². The van der Waals surface area contributed by atoms with Gasteiger partial charge in [0.05, 0.1) is 6.04 Å². The number of unbranched alkanes of at least 4 members (excludes halogenated alkanes) is 1. The van der Waals surface area contributed by atoms with Crippen LogP contribution >= 0.6 is 0 Å². The van der Waals surface area contributed by atoms with Crippen molar-refractivity contribution in [2.24, 2.45) is 5.41 Å². The Morgan fingerprint density at radius 2 is 1.75 bits per heavy atom. The minimum atomic E-state index is -2.98. The largest absolute Gasteiger partial charge is 0.399 e. The molecule has 7 heteroatoms. The molecule has 0 aromatic heterocycles. The number of anilines is 1.